The fraction of sp³-hybridized carbons (Fsp3) is 0.400. The van der Waals surface area contributed by atoms with E-state index in [-0.39, 0.29) is 40.7 Å². The number of para-hydroxylation sites is 1. The Morgan fingerprint density at radius 3 is 2.11 bits per heavy atom. The highest BCUT2D eigenvalue weighted by Gasteiger charge is 2.45. The summed E-state index contributed by atoms with van der Waals surface area (Å²) in [5, 5.41) is 0. The van der Waals surface area contributed by atoms with Gasteiger partial charge in [-0.1, -0.05) is 19.1 Å². The van der Waals surface area contributed by atoms with E-state index in [2.05, 4.69) is 0 Å². The lowest BCUT2D eigenvalue weighted by atomic mass is 9.78. The minimum Gasteiger partial charge on any atom is -0.294 e. The number of fused-ring (bicyclic) bond motifs is 1. The van der Waals surface area contributed by atoms with E-state index in [9.17, 15) is 31.2 Å². The molecule has 1 saturated heterocycles. The number of benzene rings is 2. The van der Waals surface area contributed by atoms with Crippen LogP contribution in [-0.2, 0) is 20.0 Å². The van der Waals surface area contributed by atoms with E-state index >= 15 is 0 Å². The van der Waals surface area contributed by atoms with Crippen LogP contribution >= 0.6 is 0 Å². The van der Waals surface area contributed by atoms with Gasteiger partial charge < -0.3 is 0 Å². The highest BCUT2D eigenvalue weighted by molar-refractivity contribution is 7.91. The largest absolute Gasteiger partial charge is 0.483 e. The summed E-state index contributed by atoms with van der Waals surface area (Å²) in [7, 11) is -3.00. The molecular formula is C25H26F3NO5S. The molecule has 2 heterocycles. The van der Waals surface area contributed by atoms with Crippen molar-refractivity contribution in [3.63, 3.8) is 0 Å². The molecule has 2 aliphatic heterocycles. The molecule has 0 bridgehead atoms. The van der Waals surface area contributed by atoms with Gasteiger partial charge in [0.25, 0.3) is 0 Å². The highest BCUT2D eigenvalue weighted by atomic mass is 32.2. The number of anilines is 2. The summed E-state index contributed by atoms with van der Waals surface area (Å²) in [5.74, 6) is -0.584. The molecule has 2 aliphatic rings. The first-order chi connectivity index (χ1) is 16.2. The van der Waals surface area contributed by atoms with Crippen molar-refractivity contribution in [1.82, 2.24) is 0 Å². The molecule has 10 heteroatoms. The molecule has 188 valence electrons. The summed E-state index contributed by atoms with van der Waals surface area (Å²) in [6.45, 7) is 5.51. The highest BCUT2D eigenvalue weighted by Crippen LogP contribution is 2.46. The second kappa shape index (κ2) is 9.56. The Morgan fingerprint density at radius 1 is 0.971 bits per heavy atom. The molecule has 0 saturated carbocycles. The molecule has 1 fully saturated rings. The summed E-state index contributed by atoms with van der Waals surface area (Å²) >= 11 is 0. The van der Waals surface area contributed by atoms with Crippen LogP contribution in [0.5, 0.6) is 0 Å². The van der Waals surface area contributed by atoms with Crippen LogP contribution in [0.25, 0.3) is 0 Å². The van der Waals surface area contributed by atoms with Crippen molar-refractivity contribution >= 4 is 39.2 Å². The molecule has 0 unspecified atom stereocenters. The van der Waals surface area contributed by atoms with Gasteiger partial charge in [-0.3, -0.25) is 14.5 Å². The smallest absolute Gasteiger partial charge is 0.294 e. The van der Waals surface area contributed by atoms with Gasteiger partial charge >= 0.3 is 6.29 Å². The van der Waals surface area contributed by atoms with Crippen molar-refractivity contribution in [3.05, 3.63) is 59.4 Å². The van der Waals surface area contributed by atoms with Crippen molar-refractivity contribution in [2.45, 2.75) is 45.4 Å². The van der Waals surface area contributed by atoms with Crippen LogP contribution in [0.15, 0.2) is 42.5 Å². The molecule has 1 amide bonds. The Bertz CT molecular complexity index is 1270. The SMILES string of the molecule is CC1(CC(=O)c2ccc3c(c2)C(C)(C)C(=O)N3c2ccccc2F)CCS(=O)(=O)CC1.O=C(F)F. The zero-order chi connectivity index (χ0) is 26.2. The molecule has 0 radical (unpaired) electrons. The lowest BCUT2D eigenvalue weighted by Gasteiger charge is -2.32. The Morgan fingerprint density at radius 2 is 1.54 bits per heavy atom. The number of halogens is 3. The van der Waals surface area contributed by atoms with Crippen LogP contribution in [0.2, 0.25) is 0 Å². The van der Waals surface area contributed by atoms with Gasteiger partial charge in [0.15, 0.2) is 5.78 Å². The van der Waals surface area contributed by atoms with Crippen LogP contribution in [0.1, 0.15) is 56.0 Å². The predicted octanol–water partition coefficient (Wildman–Crippen LogP) is 5.61. The van der Waals surface area contributed by atoms with Gasteiger partial charge in [0.1, 0.15) is 15.7 Å². The Hall–Kier alpha value is -3.01. The maximum atomic E-state index is 14.4. The molecule has 35 heavy (non-hydrogen) atoms. The number of Topliss-reactive ketones (excluding diaryl/α,β-unsaturated/α-hetero) is 1. The van der Waals surface area contributed by atoms with Crippen LogP contribution < -0.4 is 4.90 Å². The van der Waals surface area contributed by atoms with Gasteiger partial charge in [-0.15, -0.1) is 8.78 Å². The first-order valence-corrected chi connectivity index (χ1v) is 12.8. The molecule has 0 atom stereocenters. The number of ketones is 1. The van der Waals surface area contributed by atoms with Gasteiger partial charge in [-0.2, -0.15) is 0 Å². The second-order valence-corrected chi connectivity index (χ2v) is 12.0. The maximum Gasteiger partial charge on any atom is 0.483 e. The molecular weight excluding hydrogens is 483 g/mol. The van der Waals surface area contributed by atoms with Crippen LogP contribution in [0.4, 0.5) is 29.3 Å². The van der Waals surface area contributed by atoms with Gasteiger partial charge in [-0.05, 0) is 68.0 Å². The van der Waals surface area contributed by atoms with Crippen molar-refractivity contribution in [3.8, 4) is 0 Å². The zero-order valence-corrected chi connectivity index (χ0v) is 20.4. The van der Waals surface area contributed by atoms with Crippen molar-refractivity contribution in [1.29, 1.82) is 0 Å². The van der Waals surface area contributed by atoms with E-state index in [4.69, 9.17) is 4.79 Å². The quantitative estimate of drug-likeness (QED) is 0.395. The lowest BCUT2D eigenvalue weighted by Crippen LogP contribution is -2.33. The topological polar surface area (TPSA) is 88.6 Å². The third-order valence-electron chi connectivity index (χ3n) is 6.68. The van der Waals surface area contributed by atoms with E-state index in [1.165, 1.54) is 11.0 Å². The van der Waals surface area contributed by atoms with Crippen molar-refractivity contribution in [2.75, 3.05) is 16.4 Å². The zero-order valence-electron chi connectivity index (χ0n) is 19.6. The minimum absolute atomic E-state index is 0.0720. The first-order valence-electron chi connectivity index (χ1n) is 11.0. The summed E-state index contributed by atoms with van der Waals surface area (Å²) in [5.41, 5.74) is 0.677. The van der Waals surface area contributed by atoms with Gasteiger partial charge in [-0.25, -0.2) is 17.6 Å². The van der Waals surface area contributed by atoms with E-state index in [0.717, 1.165) is 0 Å². The molecule has 0 spiro atoms. The van der Waals surface area contributed by atoms with Crippen LogP contribution in [0.3, 0.4) is 0 Å². The van der Waals surface area contributed by atoms with Crippen molar-refractivity contribution < 1.29 is 36.0 Å². The number of amides is 1. The van der Waals surface area contributed by atoms with Crippen molar-refractivity contribution in [2.24, 2.45) is 5.41 Å². The molecule has 0 N–H and O–H groups in total. The number of nitrogens with zero attached hydrogens (tertiary/aromatic N) is 1. The monoisotopic (exact) mass is 509 g/mol. The summed E-state index contributed by atoms with van der Waals surface area (Å²) in [6, 6.07) is 11.2. The number of carbonyl (C=O) groups is 3. The van der Waals surface area contributed by atoms with Gasteiger partial charge in [0.05, 0.1) is 28.3 Å². The van der Waals surface area contributed by atoms with E-state index in [0.29, 0.717) is 29.7 Å². The Balaban J connectivity index is 0.000000795. The average Bonchev–Trinajstić information content (AvgIpc) is 2.96. The van der Waals surface area contributed by atoms with E-state index in [1.807, 2.05) is 6.92 Å². The fourth-order valence-electron chi connectivity index (χ4n) is 4.48. The van der Waals surface area contributed by atoms with Crippen LogP contribution in [0, 0.1) is 11.2 Å². The number of hydrogen-bond acceptors (Lipinski definition) is 5. The normalized spacial score (nSPS) is 19.4. The third-order valence-corrected chi connectivity index (χ3v) is 8.34. The van der Waals surface area contributed by atoms with E-state index in [1.54, 1.807) is 50.2 Å². The molecule has 4 rings (SSSR count). The van der Waals surface area contributed by atoms with Crippen LogP contribution in [-0.4, -0.2) is 37.9 Å². The standard InChI is InChI=1S/C24H26FNO4S.CF2O/c1-23(2)17-14-16(21(27)15-24(3)10-12-31(29,30)13-11-24)8-9-19(17)26(22(23)28)20-7-5-4-6-18(20)25;2-1(3)4/h4-9,14H,10-13,15H2,1-3H3;. The van der Waals surface area contributed by atoms with Gasteiger partial charge in [0, 0.05) is 12.0 Å². The number of rotatable bonds is 4. The minimum atomic E-state index is -3.00. The molecule has 0 aromatic heterocycles. The first kappa shape index (κ1) is 26.6. The molecule has 6 nitrogen and oxygen atoms in total. The fourth-order valence-corrected chi connectivity index (χ4v) is 6.29. The lowest BCUT2D eigenvalue weighted by molar-refractivity contribution is -0.121. The summed E-state index contributed by atoms with van der Waals surface area (Å²) in [6.07, 6.45) is -1.64. The summed E-state index contributed by atoms with van der Waals surface area (Å²) in [4.78, 5) is 35.7. The number of hydrogen-bond donors (Lipinski definition) is 0. The summed E-state index contributed by atoms with van der Waals surface area (Å²) < 4.78 is 57.3. The number of sulfone groups is 1. The molecule has 2 aromatic rings. The molecule has 0 aliphatic carbocycles. The van der Waals surface area contributed by atoms with E-state index < -0.39 is 27.4 Å². The predicted molar refractivity (Wildman–Crippen MR) is 126 cm³/mol. The maximum absolute atomic E-state index is 14.4. The average molecular weight is 510 g/mol. The third kappa shape index (κ3) is 5.63. The Labute approximate surface area is 202 Å². The Kier molecular flexibility index (Phi) is 7.26. The number of carbonyl (C=O) groups excluding carboxylic acids is 3. The van der Waals surface area contributed by atoms with Gasteiger partial charge in [0.2, 0.25) is 5.91 Å². The molecule has 2 aromatic carbocycles. The second-order valence-electron chi connectivity index (χ2n) is 9.74.